The lowest BCUT2D eigenvalue weighted by atomic mass is 10.1. The average molecular weight is 442 g/mol. The molecular formula is C11H2F12O5. The van der Waals surface area contributed by atoms with Crippen molar-refractivity contribution in [3.8, 4) is 23.0 Å². The van der Waals surface area contributed by atoms with Gasteiger partial charge in [-0.05, 0) is 0 Å². The Hall–Kier alpha value is -2.75. The van der Waals surface area contributed by atoms with E-state index in [1.807, 2.05) is 0 Å². The molecule has 0 aliphatic carbocycles. The van der Waals surface area contributed by atoms with E-state index in [1.54, 1.807) is 0 Å². The molecule has 1 rings (SSSR count). The van der Waals surface area contributed by atoms with Crippen LogP contribution in [-0.4, -0.2) is 31.7 Å². The van der Waals surface area contributed by atoms with E-state index in [9.17, 15) is 57.5 Å². The Morgan fingerprint density at radius 2 is 0.929 bits per heavy atom. The van der Waals surface area contributed by atoms with Crippen molar-refractivity contribution < 1.29 is 76.4 Å². The molecule has 1 aromatic carbocycles. The molecule has 0 aliphatic heterocycles. The van der Waals surface area contributed by atoms with E-state index in [0.29, 0.717) is 0 Å². The highest BCUT2D eigenvalue weighted by Gasteiger charge is 2.44. The number of aldehydes is 1. The Bertz CT molecular complexity index is 715. The van der Waals surface area contributed by atoms with Gasteiger partial charge in [0.15, 0.2) is 17.8 Å². The first-order valence-electron chi connectivity index (χ1n) is 6.00. The molecule has 0 heterocycles. The number of alkyl halides is 12. The van der Waals surface area contributed by atoms with Crippen molar-refractivity contribution in [3.05, 3.63) is 11.6 Å². The summed E-state index contributed by atoms with van der Waals surface area (Å²) in [5.74, 6) is -9.50. The van der Waals surface area contributed by atoms with Gasteiger partial charge in [0.2, 0.25) is 5.75 Å². The summed E-state index contributed by atoms with van der Waals surface area (Å²) in [6.45, 7) is 0. The lowest BCUT2D eigenvalue weighted by Gasteiger charge is -2.22. The van der Waals surface area contributed by atoms with Crippen molar-refractivity contribution in [1.82, 2.24) is 0 Å². The van der Waals surface area contributed by atoms with Crippen LogP contribution in [0.1, 0.15) is 10.4 Å². The molecule has 0 saturated carbocycles. The lowest BCUT2D eigenvalue weighted by molar-refractivity contribution is -0.294. The fourth-order valence-electron chi connectivity index (χ4n) is 1.56. The fourth-order valence-corrected chi connectivity index (χ4v) is 1.56. The van der Waals surface area contributed by atoms with Crippen LogP contribution in [0, 0.1) is 0 Å². The molecule has 0 radical (unpaired) electrons. The summed E-state index contributed by atoms with van der Waals surface area (Å²) in [4.78, 5) is 10.8. The number of hydrogen-bond donors (Lipinski definition) is 0. The number of rotatable bonds is 5. The lowest BCUT2D eigenvalue weighted by Crippen LogP contribution is -2.25. The minimum Gasteiger partial charge on any atom is -0.405 e. The summed E-state index contributed by atoms with van der Waals surface area (Å²) in [6.07, 6.45) is -24.5. The Kier molecular flexibility index (Phi) is 6.11. The topological polar surface area (TPSA) is 54.0 Å². The Morgan fingerprint density at radius 1 is 0.571 bits per heavy atom. The maximum Gasteiger partial charge on any atom is 0.573 e. The van der Waals surface area contributed by atoms with Crippen molar-refractivity contribution in [1.29, 1.82) is 0 Å². The quantitative estimate of drug-likeness (QED) is 0.470. The van der Waals surface area contributed by atoms with Crippen molar-refractivity contribution in [2.45, 2.75) is 25.4 Å². The molecule has 0 aromatic heterocycles. The third kappa shape index (κ3) is 7.47. The Balaban J connectivity index is 3.86. The molecule has 0 N–H and O–H groups in total. The van der Waals surface area contributed by atoms with Gasteiger partial charge in [-0.2, -0.15) is 0 Å². The molecule has 0 bridgehead atoms. The zero-order valence-corrected chi connectivity index (χ0v) is 12.2. The predicted molar refractivity (Wildman–Crippen MR) is 58.6 cm³/mol. The van der Waals surface area contributed by atoms with Gasteiger partial charge in [-0.25, -0.2) is 0 Å². The average Bonchev–Trinajstić information content (AvgIpc) is 2.36. The van der Waals surface area contributed by atoms with Crippen LogP contribution in [0.4, 0.5) is 52.7 Å². The smallest absolute Gasteiger partial charge is 0.405 e. The van der Waals surface area contributed by atoms with Gasteiger partial charge < -0.3 is 18.9 Å². The van der Waals surface area contributed by atoms with E-state index in [0.717, 1.165) is 0 Å². The molecule has 0 unspecified atom stereocenters. The molecule has 160 valence electrons. The maximum absolute atomic E-state index is 12.4. The van der Waals surface area contributed by atoms with E-state index >= 15 is 0 Å². The molecule has 28 heavy (non-hydrogen) atoms. The predicted octanol–water partition coefficient (Wildman–Crippen LogP) is 5.09. The van der Waals surface area contributed by atoms with Gasteiger partial charge in [-0.1, -0.05) is 0 Å². The van der Waals surface area contributed by atoms with E-state index in [1.165, 1.54) is 0 Å². The molecule has 0 spiro atoms. The minimum absolute atomic E-state index is 0.588. The second-order valence-corrected chi connectivity index (χ2v) is 4.25. The first-order valence-corrected chi connectivity index (χ1v) is 6.00. The minimum atomic E-state index is -5.98. The van der Waals surface area contributed by atoms with E-state index < -0.39 is 66.4 Å². The van der Waals surface area contributed by atoms with Gasteiger partial charge >= 0.3 is 25.4 Å². The number of carbonyl (C=O) groups is 1. The second kappa shape index (κ2) is 7.34. The van der Waals surface area contributed by atoms with Crippen LogP contribution in [0.3, 0.4) is 0 Å². The normalized spacial score (nSPS) is 13.1. The highest BCUT2D eigenvalue weighted by Crippen LogP contribution is 2.50. The van der Waals surface area contributed by atoms with Crippen molar-refractivity contribution >= 4 is 6.29 Å². The summed E-state index contributed by atoms with van der Waals surface area (Å²) in [6, 6.07) is -0.588. The SMILES string of the molecule is O=Cc1c(OC(F)(F)F)cc(OC(F)(F)F)c(OC(F)(F)F)c1OC(F)(F)F. The van der Waals surface area contributed by atoms with Gasteiger partial charge in [0, 0.05) is 6.07 Å². The van der Waals surface area contributed by atoms with Crippen molar-refractivity contribution in [2.75, 3.05) is 0 Å². The number of hydrogen-bond acceptors (Lipinski definition) is 5. The van der Waals surface area contributed by atoms with Crippen molar-refractivity contribution in [3.63, 3.8) is 0 Å². The van der Waals surface area contributed by atoms with Crippen LogP contribution in [0.2, 0.25) is 0 Å². The molecular weight excluding hydrogens is 440 g/mol. The van der Waals surface area contributed by atoms with E-state index in [4.69, 9.17) is 0 Å². The standard InChI is InChI=1S/C11H2F12O5/c12-8(13,14)25-4-1-5(26-9(15,16)17)7(28-11(21,22)23)6(3(4)2-24)27-10(18,19)20/h1-2H. The van der Waals surface area contributed by atoms with Crippen LogP contribution >= 0.6 is 0 Å². The first-order chi connectivity index (χ1) is 12.3. The van der Waals surface area contributed by atoms with Crippen LogP contribution in [0.5, 0.6) is 23.0 Å². The van der Waals surface area contributed by atoms with Crippen molar-refractivity contribution in [2.24, 2.45) is 0 Å². The largest absolute Gasteiger partial charge is 0.573 e. The van der Waals surface area contributed by atoms with Gasteiger partial charge in [0.1, 0.15) is 11.3 Å². The number of benzene rings is 1. The molecule has 0 amide bonds. The maximum atomic E-state index is 12.4. The fraction of sp³-hybridized carbons (Fsp3) is 0.364. The monoisotopic (exact) mass is 442 g/mol. The third-order valence-electron chi connectivity index (χ3n) is 2.21. The summed E-state index contributed by atoms with van der Waals surface area (Å²) in [5, 5.41) is 0. The first kappa shape index (κ1) is 23.3. The molecule has 1 aromatic rings. The molecule has 0 saturated heterocycles. The Labute approximate surface area is 144 Å². The van der Waals surface area contributed by atoms with Gasteiger partial charge in [-0.15, -0.1) is 52.7 Å². The summed E-state index contributed by atoms with van der Waals surface area (Å²) in [7, 11) is 0. The van der Waals surface area contributed by atoms with E-state index in [2.05, 4.69) is 18.9 Å². The third-order valence-corrected chi connectivity index (χ3v) is 2.21. The number of carbonyl (C=O) groups excluding carboxylic acids is 1. The summed E-state index contributed by atoms with van der Waals surface area (Å²) >= 11 is 0. The van der Waals surface area contributed by atoms with Crippen LogP contribution in [-0.2, 0) is 0 Å². The molecule has 17 heteroatoms. The highest BCUT2D eigenvalue weighted by atomic mass is 19.4. The second-order valence-electron chi connectivity index (χ2n) is 4.25. The molecule has 0 fully saturated rings. The Morgan fingerprint density at radius 3 is 1.29 bits per heavy atom. The number of ether oxygens (including phenoxy) is 4. The summed E-state index contributed by atoms with van der Waals surface area (Å²) < 4.78 is 160. The zero-order valence-electron chi connectivity index (χ0n) is 12.2. The number of halogens is 12. The summed E-state index contributed by atoms with van der Waals surface area (Å²) in [5.41, 5.74) is -2.00. The molecule has 0 atom stereocenters. The van der Waals surface area contributed by atoms with Gasteiger partial charge in [0.25, 0.3) is 0 Å². The van der Waals surface area contributed by atoms with E-state index in [-0.39, 0.29) is 0 Å². The highest BCUT2D eigenvalue weighted by molar-refractivity contribution is 5.87. The van der Waals surface area contributed by atoms with Gasteiger partial charge in [-0.3, -0.25) is 4.79 Å². The molecule has 5 nitrogen and oxygen atoms in total. The van der Waals surface area contributed by atoms with Crippen LogP contribution < -0.4 is 18.9 Å². The van der Waals surface area contributed by atoms with Crippen LogP contribution in [0.25, 0.3) is 0 Å². The van der Waals surface area contributed by atoms with Crippen LogP contribution in [0.15, 0.2) is 6.07 Å². The zero-order chi connectivity index (χ0) is 22.1. The molecule has 0 aliphatic rings. The van der Waals surface area contributed by atoms with Gasteiger partial charge in [0.05, 0.1) is 0 Å².